The van der Waals surface area contributed by atoms with Crippen LogP contribution < -0.4 is 0 Å². The van der Waals surface area contributed by atoms with E-state index in [1.807, 2.05) is 42.9 Å². The van der Waals surface area contributed by atoms with Gasteiger partial charge in [-0.15, -0.1) is 11.3 Å². The zero-order chi connectivity index (χ0) is 14.7. The maximum Gasteiger partial charge on any atom is 0.198 e. The van der Waals surface area contributed by atoms with Gasteiger partial charge in [0.2, 0.25) is 0 Å². The molecule has 0 aliphatic rings. The number of Topliss-reactive ketones (excluding diaryl/α,β-unsaturated/α-hetero) is 2. The Morgan fingerprint density at radius 3 is 2.65 bits per heavy atom. The van der Waals surface area contributed by atoms with Crippen LogP contribution in [0.25, 0.3) is 0 Å². The molecule has 0 saturated heterocycles. The van der Waals surface area contributed by atoms with Gasteiger partial charge in [0.25, 0.3) is 0 Å². The highest BCUT2D eigenvalue weighted by Gasteiger charge is 2.17. The molecule has 106 valence electrons. The third-order valence-electron chi connectivity index (χ3n) is 3.25. The Labute approximate surface area is 121 Å². The average molecular weight is 291 g/mol. The Morgan fingerprint density at radius 2 is 2.05 bits per heavy atom. The fourth-order valence-corrected chi connectivity index (χ4v) is 3.07. The van der Waals surface area contributed by atoms with E-state index in [2.05, 4.69) is 0 Å². The van der Waals surface area contributed by atoms with Crippen molar-refractivity contribution in [2.24, 2.45) is 7.05 Å². The summed E-state index contributed by atoms with van der Waals surface area (Å²) in [5.41, 5.74) is 0.695. The average Bonchev–Trinajstić information content (AvgIpc) is 3.06. The van der Waals surface area contributed by atoms with E-state index in [1.165, 1.54) is 11.3 Å². The van der Waals surface area contributed by atoms with Crippen molar-refractivity contribution in [3.63, 3.8) is 0 Å². The molecule has 0 aliphatic carbocycles. The summed E-state index contributed by atoms with van der Waals surface area (Å²) in [6.45, 7) is 1.50. The molecular formula is C15H17NO3S. The van der Waals surface area contributed by atoms with Crippen LogP contribution in [0, 0.1) is 0 Å². The molecular weight excluding hydrogens is 274 g/mol. The molecule has 5 heteroatoms. The lowest BCUT2D eigenvalue weighted by Crippen LogP contribution is -2.08. The van der Waals surface area contributed by atoms with Crippen molar-refractivity contribution in [1.82, 2.24) is 4.57 Å². The van der Waals surface area contributed by atoms with Crippen LogP contribution in [-0.4, -0.2) is 27.8 Å². The standard InChI is InChI=1S/C15H17NO3S/c1-10(8-12(18)11-4-3-7-16(11)2)14-5-6-15(20-14)13(19)9-17/h3-7,10,17H,8-9H2,1-2H3/t10-/m0/s1. The van der Waals surface area contributed by atoms with E-state index < -0.39 is 6.61 Å². The summed E-state index contributed by atoms with van der Waals surface area (Å²) in [5.74, 6) is -0.127. The number of aromatic nitrogens is 1. The lowest BCUT2D eigenvalue weighted by Gasteiger charge is -2.09. The highest BCUT2D eigenvalue weighted by Crippen LogP contribution is 2.28. The van der Waals surface area contributed by atoms with Gasteiger partial charge in [-0.3, -0.25) is 9.59 Å². The molecule has 0 aromatic carbocycles. The van der Waals surface area contributed by atoms with Gasteiger partial charge in [-0.1, -0.05) is 6.92 Å². The van der Waals surface area contributed by atoms with E-state index >= 15 is 0 Å². The Morgan fingerprint density at radius 1 is 1.30 bits per heavy atom. The number of hydrogen-bond donors (Lipinski definition) is 1. The van der Waals surface area contributed by atoms with Crippen molar-refractivity contribution < 1.29 is 14.7 Å². The molecule has 0 bridgehead atoms. The van der Waals surface area contributed by atoms with Gasteiger partial charge in [0.15, 0.2) is 11.6 Å². The number of aryl methyl sites for hydroxylation is 1. The van der Waals surface area contributed by atoms with E-state index in [0.717, 1.165) is 4.88 Å². The number of carbonyl (C=O) groups is 2. The molecule has 0 fully saturated rings. The third-order valence-corrected chi connectivity index (χ3v) is 4.61. The summed E-state index contributed by atoms with van der Waals surface area (Å²) in [5, 5.41) is 8.84. The summed E-state index contributed by atoms with van der Waals surface area (Å²) in [7, 11) is 1.85. The molecule has 2 heterocycles. The zero-order valence-electron chi connectivity index (χ0n) is 11.5. The van der Waals surface area contributed by atoms with E-state index in [4.69, 9.17) is 5.11 Å². The predicted molar refractivity (Wildman–Crippen MR) is 78.5 cm³/mol. The quantitative estimate of drug-likeness (QED) is 0.832. The van der Waals surface area contributed by atoms with E-state index in [-0.39, 0.29) is 17.5 Å². The molecule has 0 spiro atoms. The van der Waals surface area contributed by atoms with Crippen LogP contribution in [0.5, 0.6) is 0 Å². The largest absolute Gasteiger partial charge is 0.388 e. The van der Waals surface area contributed by atoms with Gasteiger partial charge in [-0.25, -0.2) is 0 Å². The molecule has 0 aliphatic heterocycles. The molecule has 2 aromatic rings. The zero-order valence-corrected chi connectivity index (χ0v) is 12.3. The first-order valence-corrected chi connectivity index (χ1v) is 7.23. The van der Waals surface area contributed by atoms with Crippen molar-refractivity contribution in [3.8, 4) is 0 Å². The fourth-order valence-electron chi connectivity index (χ4n) is 2.08. The van der Waals surface area contributed by atoms with Gasteiger partial charge in [-0.05, 0) is 30.2 Å². The molecule has 0 radical (unpaired) electrons. The Bertz CT molecular complexity index is 627. The monoisotopic (exact) mass is 291 g/mol. The number of ketones is 2. The van der Waals surface area contributed by atoms with Gasteiger partial charge in [0.1, 0.15) is 6.61 Å². The van der Waals surface area contributed by atoms with E-state index in [1.54, 1.807) is 6.07 Å². The molecule has 20 heavy (non-hydrogen) atoms. The van der Waals surface area contributed by atoms with Crippen molar-refractivity contribution in [3.05, 3.63) is 45.9 Å². The number of hydrogen-bond acceptors (Lipinski definition) is 4. The number of thiophene rings is 1. The minimum Gasteiger partial charge on any atom is -0.388 e. The highest BCUT2D eigenvalue weighted by molar-refractivity contribution is 7.14. The summed E-state index contributed by atoms with van der Waals surface area (Å²) in [6, 6.07) is 7.23. The summed E-state index contributed by atoms with van der Waals surface area (Å²) in [4.78, 5) is 25.1. The fraction of sp³-hybridized carbons (Fsp3) is 0.333. The van der Waals surface area contributed by atoms with Crippen molar-refractivity contribution in [2.45, 2.75) is 19.3 Å². The van der Waals surface area contributed by atoms with Crippen LogP contribution in [0.15, 0.2) is 30.5 Å². The van der Waals surface area contributed by atoms with Gasteiger partial charge in [0.05, 0.1) is 10.6 Å². The van der Waals surface area contributed by atoms with Crippen LogP contribution in [0.4, 0.5) is 0 Å². The normalized spacial score (nSPS) is 12.3. The number of carbonyl (C=O) groups excluding carboxylic acids is 2. The third kappa shape index (κ3) is 3.05. The topological polar surface area (TPSA) is 59.3 Å². The van der Waals surface area contributed by atoms with Gasteiger partial charge in [-0.2, -0.15) is 0 Å². The second-order valence-electron chi connectivity index (χ2n) is 4.82. The predicted octanol–water partition coefficient (Wildman–Crippen LogP) is 2.64. The Kier molecular flexibility index (Phi) is 4.52. The molecule has 1 atom stereocenters. The first-order chi connectivity index (χ1) is 9.52. The number of aliphatic hydroxyl groups excluding tert-OH is 1. The molecule has 2 aromatic heterocycles. The van der Waals surface area contributed by atoms with E-state index in [9.17, 15) is 9.59 Å². The first-order valence-electron chi connectivity index (χ1n) is 6.41. The lowest BCUT2D eigenvalue weighted by atomic mass is 10.0. The number of rotatable bonds is 6. The first kappa shape index (κ1) is 14.7. The van der Waals surface area contributed by atoms with Crippen LogP contribution in [-0.2, 0) is 7.05 Å². The molecule has 2 rings (SSSR count). The van der Waals surface area contributed by atoms with Gasteiger partial charge < -0.3 is 9.67 Å². The number of aliphatic hydroxyl groups is 1. The molecule has 0 saturated carbocycles. The van der Waals surface area contributed by atoms with Crippen LogP contribution in [0.2, 0.25) is 0 Å². The van der Waals surface area contributed by atoms with Crippen molar-refractivity contribution in [1.29, 1.82) is 0 Å². The Balaban J connectivity index is 2.07. The van der Waals surface area contributed by atoms with E-state index in [0.29, 0.717) is 17.0 Å². The van der Waals surface area contributed by atoms with Crippen molar-refractivity contribution >= 4 is 22.9 Å². The minimum atomic E-state index is -0.476. The minimum absolute atomic E-state index is 0.0580. The highest BCUT2D eigenvalue weighted by atomic mass is 32.1. The summed E-state index contributed by atoms with van der Waals surface area (Å²) in [6.07, 6.45) is 2.26. The summed E-state index contributed by atoms with van der Waals surface area (Å²) >= 11 is 1.35. The molecule has 0 amide bonds. The smallest absolute Gasteiger partial charge is 0.198 e. The second-order valence-corrected chi connectivity index (χ2v) is 5.93. The lowest BCUT2D eigenvalue weighted by molar-refractivity contribution is 0.0907. The maximum absolute atomic E-state index is 12.2. The summed E-state index contributed by atoms with van der Waals surface area (Å²) < 4.78 is 1.81. The van der Waals surface area contributed by atoms with Crippen LogP contribution >= 0.6 is 11.3 Å². The number of nitrogens with zero attached hydrogens (tertiary/aromatic N) is 1. The van der Waals surface area contributed by atoms with Gasteiger partial charge in [0, 0.05) is 24.5 Å². The maximum atomic E-state index is 12.2. The molecule has 0 unspecified atom stereocenters. The van der Waals surface area contributed by atoms with Crippen LogP contribution in [0.3, 0.4) is 0 Å². The van der Waals surface area contributed by atoms with Gasteiger partial charge >= 0.3 is 0 Å². The molecule has 1 N–H and O–H groups in total. The second kappa shape index (κ2) is 6.15. The molecule has 4 nitrogen and oxygen atoms in total. The Hall–Kier alpha value is -1.72. The van der Waals surface area contributed by atoms with Crippen LogP contribution in [0.1, 0.15) is 44.3 Å². The van der Waals surface area contributed by atoms with Crippen molar-refractivity contribution in [2.75, 3.05) is 6.61 Å². The SMILES string of the molecule is C[C@@H](CC(=O)c1cccn1C)c1ccc(C(=O)CO)s1.